The molecular weight excluding hydrogens is 404 g/mol. The fourth-order valence-electron chi connectivity index (χ4n) is 3.87. The SMILES string of the molecule is C=CCNC(=O)[C@@H](C)OC(=O)c1c2c(nc3ccccc13)/C(=C\c1ccc(O)cc1)CC2. The van der Waals surface area contributed by atoms with E-state index in [0.29, 0.717) is 29.4 Å². The normalized spacial score (nSPS) is 14.7. The summed E-state index contributed by atoms with van der Waals surface area (Å²) in [6, 6.07) is 14.4. The average Bonchev–Trinajstić information content (AvgIpc) is 3.19. The molecule has 6 nitrogen and oxygen atoms in total. The predicted molar refractivity (Wildman–Crippen MR) is 124 cm³/mol. The Kier molecular flexibility index (Phi) is 6.03. The van der Waals surface area contributed by atoms with Crippen LogP contribution in [0.15, 0.2) is 61.2 Å². The van der Waals surface area contributed by atoms with E-state index in [1.807, 2.05) is 42.5 Å². The monoisotopic (exact) mass is 428 g/mol. The Bertz CT molecular complexity index is 1230. The first-order valence-corrected chi connectivity index (χ1v) is 10.5. The van der Waals surface area contributed by atoms with E-state index >= 15 is 0 Å². The van der Waals surface area contributed by atoms with Gasteiger partial charge in [-0.3, -0.25) is 4.79 Å². The van der Waals surface area contributed by atoms with Gasteiger partial charge in [-0.15, -0.1) is 6.58 Å². The first kappa shape index (κ1) is 21.3. The van der Waals surface area contributed by atoms with Crippen molar-refractivity contribution in [2.24, 2.45) is 0 Å². The number of amides is 1. The van der Waals surface area contributed by atoms with Crippen molar-refractivity contribution in [3.63, 3.8) is 0 Å². The molecule has 1 heterocycles. The number of aromatic hydroxyl groups is 1. The molecule has 1 aromatic heterocycles. The summed E-state index contributed by atoms with van der Waals surface area (Å²) in [7, 11) is 0. The van der Waals surface area contributed by atoms with Crippen LogP contribution in [0.2, 0.25) is 0 Å². The van der Waals surface area contributed by atoms with E-state index in [2.05, 4.69) is 11.9 Å². The molecule has 0 unspecified atom stereocenters. The van der Waals surface area contributed by atoms with Gasteiger partial charge in [-0.1, -0.05) is 36.4 Å². The number of allylic oxidation sites excluding steroid dienone is 1. The number of fused-ring (bicyclic) bond motifs is 2. The van der Waals surface area contributed by atoms with Gasteiger partial charge < -0.3 is 15.2 Å². The van der Waals surface area contributed by atoms with Gasteiger partial charge in [0.2, 0.25) is 0 Å². The zero-order valence-electron chi connectivity index (χ0n) is 17.8. The van der Waals surface area contributed by atoms with Crippen LogP contribution in [0.4, 0.5) is 0 Å². The molecule has 2 aromatic carbocycles. The molecular formula is C26H24N2O4. The molecule has 0 saturated heterocycles. The quantitative estimate of drug-likeness (QED) is 0.452. The van der Waals surface area contributed by atoms with Crippen LogP contribution in [-0.2, 0) is 16.0 Å². The summed E-state index contributed by atoms with van der Waals surface area (Å²) in [6.07, 6.45) is 4.04. The topological polar surface area (TPSA) is 88.5 Å². The van der Waals surface area contributed by atoms with Gasteiger partial charge in [0.15, 0.2) is 6.10 Å². The van der Waals surface area contributed by atoms with Crippen molar-refractivity contribution in [1.29, 1.82) is 0 Å². The Morgan fingerprint density at radius 2 is 1.94 bits per heavy atom. The Labute approximate surface area is 186 Å². The summed E-state index contributed by atoms with van der Waals surface area (Å²) >= 11 is 0. The fraction of sp³-hybridized carbons (Fsp3) is 0.192. The minimum absolute atomic E-state index is 0.208. The molecule has 1 aliphatic carbocycles. The van der Waals surface area contributed by atoms with Crippen molar-refractivity contribution < 1.29 is 19.4 Å². The molecule has 1 amide bonds. The molecule has 1 atom stereocenters. The minimum Gasteiger partial charge on any atom is -0.508 e. The number of ether oxygens (including phenoxy) is 1. The van der Waals surface area contributed by atoms with Gasteiger partial charge >= 0.3 is 5.97 Å². The van der Waals surface area contributed by atoms with E-state index in [-0.39, 0.29) is 11.7 Å². The van der Waals surface area contributed by atoms with Gasteiger partial charge in [-0.05, 0) is 60.7 Å². The number of phenolic OH excluding ortho intramolecular Hbond substituents is 1. The third kappa shape index (κ3) is 4.25. The number of benzene rings is 2. The molecule has 4 rings (SSSR count). The number of para-hydroxylation sites is 1. The lowest BCUT2D eigenvalue weighted by molar-refractivity contribution is -0.128. The average molecular weight is 428 g/mol. The van der Waals surface area contributed by atoms with Crippen molar-refractivity contribution in [3.8, 4) is 5.75 Å². The third-order valence-corrected chi connectivity index (χ3v) is 5.45. The number of aromatic nitrogens is 1. The highest BCUT2D eigenvalue weighted by Crippen LogP contribution is 2.38. The standard InChI is InChI=1S/C26H24N2O4/c1-3-14-27-25(30)16(2)32-26(31)23-20-6-4-5-7-22(20)28-24-18(10-13-21(23)24)15-17-8-11-19(29)12-9-17/h3-9,11-12,15-16,29H,1,10,13-14H2,2H3,(H,27,30)/b18-15-/t16-/m1/s1. The number of carbonyl (C=O) groups is 2. The molecule has 0 bridgehead atoms. The van der Waals surface area contributed by atoms with E-state index in [1.54, 1.807) is 25.1 Å². The van der Waals surface area contributed by atoms with Crippen LogP contribution in [0.25, 0.3) is 22.6 Å². The highest BCUT2D eigenvalue weighted by molar-refractivity contribution is 6.07. The molecule has 0 fully saturated rings. The number of rotatable bonds is 6. The van der Waals surface area contributed by atoms with Gasteiger partial charge in [-0.25, -0.2) is 9.78 Å². The maximum atomic E-state index is 13.2. The number of nitrogens with zero attached hydrogens (tertiary/aromatic N) is 1. The molecule has 0 saturated carbocycles. The highest BCUT2D eigenvalue weighted by Gasteiger charge is 2.29. The second-order valence-electron chi connectivity index (χ2n) is 7.67. The minimum atomic E-state index is -0.932. The molecule has 32 heavy (non-hydrogen) atoms. The maximum Gasteiger partial charge on any atom is 0.339 e. The number of phenols is 1. The van der Waals surface area contributed by atoms with Gasteiger partial charge in [0.25, 0.3) is 5.91 Å². The van der Waals surface area contributed by atoms with Crippen LogP contribution in [0, 0.1) is 0 Å². The fourth-order valence-corrected chi connectivity index (χ4v) is 3.87. The number of hydrogen-bond donors (Lipinski definition) is 2. The van der Waals surface area contributed by atoms with Crippen LogP contribution in [0.3, 0.4) is 0 Å². The molecule has 0 radical (unpaired) electrons. The van der Waals surface area contributed by atoms with Crippen molar-refractivity contribution in [3.05, 3.63) is 83.6 Å². The van der Waals surface area contributed by atoms with Crippen molar-refractivity contribution in [2.75, 3.05) is 6.54 Å². The van der Waals surface area contributed by atoms with Crippen LogP contribution in [0.5, 0.6) is 5.75 Å². The summed E-state index contributed by atoms with van der Waals surface area (Å²) in [5.74, 6) is -0.701. The summed E-state index contributed by atoms with van der Waals surface area (Å²) in [5, 5.41) is 12.9. The smallest absolute Gasteiger partial charge is 0.339 e. The summed E-state index contributed by atoms with van der Waals surface area (Å²) in [6.45, 7) is 5.43. The molecule has 3 aromatic rings. The number of pyridine rings is 1. The van der Waals surface area contributed by atoms with Crippen LogP contribution in [-0.4, -0.2) is 34.6 Å². The predicted octanol–water partition coefficient (Wildman–Crippen LogP) is 4.27. The lowest BCUT2D eigenvalue weighted by atomic mass is 10.0. The summed E-state index contributed by atoms with van der Waals surface area (Å²) < 4.78 is 5.54. The van der Waals surface area contributed by atoms with E-state index in [4.69, 9.17) is 9.72 Å². The van der Waals surface area contributed by atoms with E-state index in [9.17, 15) is 14.7 Å². The molecule has 162 valence electrons. The Morgan fingerprint density at radius 1 is 1.19 bits per heavy atom. The van der Waals surface area contributed by atoms with E-state index in [0.717, 1.165) is 28.8 Å². The van der Waals surface area contributed by atoms with Crippen LogP contribution >= 0.6 is 0 Å². The molecule has 6 heteroatoms. The van der Waals surface area contributed by atoms with Gasteiger partial charge in [-0.2, -0.15) is 0 Å². The number of esters is 1. The molecule has 2 N–H and O–H groups in total. The first-order valence-electron chi connectivity index (χ1n) is 10.5. The Balaban J connectivity index is 1.73. The second-order valence-corrected chi connectivity index (χ2v) is 7.67. The van der Waals surface area contributed by atoms with Gasteiger partial charge in [0, 0.05) is 11.9 Å². The summed E-state index contributed by atoms with van der Waals surface area (Å²) in [4.78, 5) is 30.2. The summed E-state index contributed by atoms with van der Waals surface area (Å²) in [5.41, 5.74) is 4.72. The second kappa shape index (κ2) is 9.06. The van der Waals surface area contributed by atoms with Crippen molar-refractivity contribution >= 4 is 34.4 Å². The lowest BCUT2D eigenvalue weighted by Crippen LogP contribution is -2.36. The molecule has 1 aliphatic rings. The first-order chi connectivity index (χ1) is 15.5. The van der Waals surface area contributed by atoms with Gasteiger partial charge in [0.05, 0.1) is 16.8 Å². The molecule has 0 spiro atoms. The number of hydrogen-bond acceptors (Lipinski definition) is 5. The zero-order valence-corrected chi connectivity index (χ0v) is 17.8. The zero-order chi connectivity index (χ0) is 22.7. The Morgan fingerprint density at radius 3 is 2.69 bits per heavy atom. The lowest BCUT2D eigenvalue weighted by Gasteiger charge is -2.16. The van der Waals surface area contributed by atoms with Crippen LogP contribution < -0.4 is 5.32 Å². The largest absolute Gasteiger partial charge is 0.508 e. The van der Waals surface area contributed by atoms with Crippen molar-refractivity contribution in [1.82, 2.24) is 10.3 Å². The van der Waals surface area contributed by atoms with Crippen molar-refractivity contribution in [2.45, 2.75) is 25.9 Å². The number of carbonyl (C=O) groups excluding carboxylic acids is 2. The van der Waals surface area contributed by atoms with E-state index in [1.165, 1.54) is 0 Å². The third-order valence-electron chi connectivity index (χ3n) is 5.45. The van der Waals surface area contributed by atoms with Crippen LogP contribution in [0.1, 0.15) is 40.5 Å². The highest BCUT2D eigenvalue weighted by atomic mass is 16.5. The van der Waals surface area contributed by atoms with E-state index < -0.39 is 12.1 Å². The molecule has 0 aliphatic heterocycles. The van der Waals surface area contributed by atoms with Gasteiger partial charge in [0.1, 0.15) is 5.75 Å². The number of nitrogens with one attached hydrogen (secondary N) is 1. The maximum absolute atomic E-state index is 13.2. The Hall–Kier alpha value is -3.93.